The van der Waals surface area contributed by atoms with Crippen molar-refractivity contribution in [2.24, 2.45) is 0 Å². The molecule has 0 spiro atoms. The smallest absolute Gasteiger partial charge is 0.306 e. The summed E-state index contributed by atoms with van der Waals surface area (Å²) in [4.78, 5) is 10.9. The Morgan fingerprint density at radius 3 is 2.93 bits per heavy atom. The number of hydrogen-bond donors (Lipinski definition) is 0. The van der Waals surface area contributed by atoms with Crippen LogP contribution in [0.3, 0.4) is 0 Å². The van der Waals surface area contributed by atoms with Gasteiger partial charge in [-0.15, -0.1) is 0 Å². The lowest BCUT2D eigenvalue weighted by molar-refractivity contribution is -0.141. The number of ether oxygens (including phenoxy) is 1. The first kappa shape index (κ1) is 9.65. The van der Waals surface area contributed by atoms with E-state index in [4.69, 9.17) is 4.74 Å². The summed E-state index contributed by atoms with van der Waals surface area (Å²) in [6, 6.07) is 4.38. The van der Waals surface area contributed by atoms with E-state index in [2.05, 4.69) is 15.9 Å². The van der Waals surface area contributed by atoms with Crippen LogP contribution in [0.5, 0.6) is 0 Å². The molecule has 1 fully saturated rings. The Morgan fingerprint density at radius 1 is 1.50 bits per heavy atom. The van der Waals surface area contributed by atoms with Gasteiger partial charge >= 0.3 is 5.97 Å². The number of carbonyl (C=O) groups is 1. The van der Waals surface area contributed by atoms with E-state index >= 15 is 0 Å². The number of cyclic esters (lactones) is 1. The van der Waals surface area contributed by atoms with E-state index in [-0.39, 0.29) is 17.9 Å². The zero-order chi connectivity index (χ0) is 10.1. The minimum absolute atomic E-state index is 0.217. The van der Waals surface area contributed by atoms with E-state index in [0.29, 0.717) is 18.4 Å². The van der Waals surface area contributed by atoms with Gasteiger partial charge in [0.25, 0.3) is 0 Å². The number of carbonyl (C=O) groups excluding carboxylic acids is 1. The molecule has 0 radical (unpaired) electrons. The average molecular weight is 259 g/mol. The summed E-state index contributed by atoms with van der Waals surface area (Å²) in [5.41, 5.74) is 0.704. The molecule has 1 saturated heterocycles. The fraction of sp³-hybridized carbons (Fsp3) is 0.300. The van der Waals surface area contributed by atoms with E-state index in [1.807, 2.05) is 0 Å². The Bertz CT molecular complexity index is 378. The molecule has 0 saturated carbocycles. The van der Waals surface area contributed by atoms with Crippen LogP contribution in [0.2, 0.25) is 0 Å². The fourth-order valence-corrected chi connectivity index (χ4v) is 2.01. The highest BCUT2D eigenvalue weighted by Gasteiger charge is 2.26. The predicted molar refractivity (Wildman–Crippen MR) is 52.2 cm³/mol. The molecule has 1 aromatic rings. The monoisotopic (exact) mass is 258 g/mol. The van der Waals surface area contributed by atoms with E-state index < -0.39 is 0 Å². The first-order chi connectivity index (χ1) is 6.66. The van der Waals surface area contributed by atoms with Gasteiger partial charge in [0.2, 0.25) is 0 Å². The topological polar surface area (TPSA) is 26.3 Å². The van der Waals surface area contributed by atoms with Crippen LogP contribution in [0.1, 0.15) is 24.5 Å². The van der Waals surface area contributed by atoms with Gasteiger partial charge in [-0.2, -0.15) is 0 Å². The molecule has 0 aromatic heterocycles. The lowest BCUT2D eigenvalue weighted by Gasteiger charge is -2.11. The molecule has 0 aliphatic carbocycles. The molecule has 4 heteroatoms. The standard InChI is InChI=1S/C10H8BrFO2/c11-8-2-1-6(12)5-7(8)9-3-4-10(13)14-9/h1-2,5,9H,3-4H2. The summed E-state index contributed by atoms with van der Waals surface area (Å²) in [6.07, 6.45) is 0.738. The van der Waals surface area contributed by atoms with Crippen molar-refractivity contribution in [2.75, 3.05) is 0 Å². The highest BCUT2D eigenvalue weighted by atomic mass is 79.9. The van der Waals surface area contributed by atoms with E-state index in [0.717, 1.165) is 4.47 Å². The summed E-state index contributed by atoms with van der Waals surface area (Å²) in [7, 11) is 0. The highest BCUT2D eigenvalue weighted by molar-refractivity contribution is 9.10. The van der Waals surface area contributed by atoms with Gasteiger partial charge in [-0.1, -0.05) is 15.9 Å². The van der Waals surface area contributed by atoms with E-state index in [9.17, 15) is 9.18 Å². The quantitative estimate of drug-likeness (QED) is 0.725. The van der Waals surface area contributed by atoms with Gasteiger partial charge < -0.3 is 4.74 Å². The van der Waals surface area contributed by atoms with Gasteiger partial charge in [0.1, 0.15) is 11.9 Å². The summed E-state index contributed by atoms with van der Waals surface area (Å²) < 4.78 is 18.8. The second-order valence-electron chi connectivity index (χ2n) is 3.18. The molecule has 2 rings (SSSR count). The maximum Gasteiger partial charge on any atom is 0.306 e. The first-order valence-electron chi connectivity index (χ1n) is 4.31. The molecule has 1 aromatic carbocycles. The highest BCUT2D eigenvalue weighted by Crippen LogP contribution is 2.34. The van der Waals surface area contributed by atoms with Crippen LogP contribution in [0.25, 0.3) is 0 Å². The minimum atomic E-state index is -0.314. The molecule has 1 aliphatic heterocycles. The third-order valence-electron chi connectivity index (χ3n) is 2.19. The zero-order valence-electron chi connectivity index (χ0n) is 7.30. The Hall–Kier alpha value is -0.900. The van der Waals surface area contributed by atoms with Crippen LogP contribution in [0.4, 0.5) is 4.39 Å². The van der Waals surface area contributed by atoms with E-state index in [1.54, 1.807) is 6.07 Å². The summed E-state index contributed by atoms with van der Waals surface area (Å²) in [5.74, 6) is -0.530. The molecule has 0 amide bonds. The van der Waals surface area contributed by atoms with Gasteiger partial charge in [0.15, 0.2) is 0 Å². The van der Waals surface area contributed by atoms with Crippen LogP contribution in [0, 0.1) is 5.82 Å². The first-order valence-corrected chi connectivity index (χ1v) is 5.10. The molecule has 0 N–H and O–H groups in total. The zero-order valence-corrected chi connectivity index (χ0v) is 8.88. The van der Waals surface area contributed by atoms with Crippen LogP contribution in [-0.4, -0.2) is 5.97 Å². The van der Waals surface area contributed by atoms with Crippen molar-refractivity contribution in [2.45, 2.75) is 18.9 Å². The molecule has 2 nitrogen and oxygen atoms in total. The third kappa shape index (κ3) is 1.80. The number of esters is 1. The van der Waals surface area contributed by atoms with Crippen molar-refractivity contribution >= 4 is 21.9 Å². The van der Waals surface area contributed by atoms with Gasteiger partial charge in [-0.3, -0.25) is 4.79 Å². The molecule has 1 unspecified atom stereocenters. The lowest BCUT2D eigenvalue weighted by atomic mass is 10.1. The fourth-order valence-electron chi connectivity index (χ4n) is 1.51. The Balaban J connectivity index is 2.31. The predicted octanol–water partition coefficient (Wildman–Crippen LogP) is 2.97. The molecule has 0 bridgehead atoms. The molecule has 14 heavy (non-hydrogen) atoms. The van der Waals surface area contributed by atoms with Crippen LogP contribution >= 0.6 is 15.9 Å². The van der Waals surface area contributed by atoms with Crippen LogP contribution < -0.4 is 0 Å². The number of benzene rings is 1. The lowest BCUT2D eigenvalue weighted by Crippen LogP contribution is -2.00. The van der Waals surface area contributed by atoms with Crippen molar-refractivity contribution in [3.8, 4) is 0 Å². The minimum Gasteiger partial charge on any atom is -0.457 e. The summed E-state index contributed by atoms with van der Waals surface area (Å²) >= 11 is 3.30. The SMILES string of the molecule is O=C1CCC(c2cc(F)ccc2Br)O1. The van der Waals surface area contributed by atoms with Crippen LogP contribution in [-0.2, 0) is 9.53 Å². The van der Waals surface area contributed by atoms with Gasteiger partial charge in [-0.25, -0.2) is 4.39 Å². The normalized spacial score (nSPS) is 21.0. The maximum absolute atomic E-state index is 12.9. The molecule has 1 atom stereocenters. The average Bonchev–Trinajstić information content (AvgIpc) is 2.56. The van der Waals surface area contributed by atoms with Gasteiger partial charge in [0, 0.05) is 16.5 Å². The van der Waals surface area contributed by atoms with Crippen molar-refractivity contribution in [3.05, 3.63) is 34.1 Å². The van der Waals surface area contributed by atoms with Crippen molar-refractivity contribution in [3.63, 3.8) is 0 Å². The summed E-state index contributed by atoms with van der Waals surface area (Å²) in [5, 5.41) is 0. The van der Waals surface area contributed by atoms with Crippen molar-refractivity contribution in [1.82, 2.24) is 0 Å². The molecular formula is C10H8BrFO2. The Labute approximate surface area is 89.2 Å². The van der Waals surface area contributed by atoms with Crippen molar-refractivity contribution < 1.29 is 13.9 Å². The molecule has 74 valence electrons. The van der Waals surface area contributed by atoms with Crippen LogP contribution in [0.15, 0.2) is 22.7 Å². The second kappa shape index (κ2) is 3.69. The number of halogens is 2. The summed E-state index contributed by atoms with van der Waals surface area (Å²) in [6.45, 7) is 0. The molecular weight excluding hydrogens is 251 g/mol. The Morgan fingerprint density at radius 2 is 2.29 bits per heavy atom. The Kier molecular flexibility index (Phi) is 2.54. The maximum atomic E-state index is 12.9. The van der Waals surface area contributed by atoms with Gasteiger partial charge in [-0.05, 0) is 24.6 Å². The second-order valence-corrected chi connectivity index (χ2v) is 4.04. The largest absolute Gasteiger partial charge is 0.457 e. The van der Waals surface area contributed by atoms with E-state index in [1.165, 1.54) is 12.1 Å². The number of hydrogen-bond acceptors (Lipinski definition) is 2. The third-order valence-corrected chi connectivity index (χ3v) is 2.91. The molecule has 1 aliphatic rings. The van der Waals surface area contributed by atoms with Crippen molar-refractivity contribution in [1.29, 1.82) is 0 Å². The van der Waals surface area contributed by atoms with Gasteiger partial charge in [0.05, 0.1) is 0 Å². The number of rotatable bonds is 1. The molecule has 1 heterocycles.